The maximum Gasteiger partial charge on any atom is 0.165 e. The maximum atomic E-state index is 5.61. The SMILES string of the molecule is c1ccc2c(c1)ccc1nc(-n3c4ccc5cccc6c5c4c4c5c(ccc43)sc3cccc-6c35)c(-c3ccc4sc5ccccc5c4c3)nc12. The molecule has 0 amide bonds. The van der Waals surface area contributed by atoms with Crippen molar-refractivity contribution in [1.82, 2.24) is 14.5 Å². The summed E-state index contributed by atoms with van der Waals surface area (Å²) in [5.41, 5.74) is 8.70. The molecule has 1 aliphatic carbocycles. The first-order chi connectivity index (χ1) is 25.3. The van der Waals surface area contributed by atoms with Gasteiger partial charge in [-0.1, -0.05) is 91.0 Å². The van der Waals surface area contributed by atoms with E-state index in [0.717, 1.165) is 49.9 Å². The van der Waals surface area contributed by atoms with Crippen LogP contribution in [0.2, 0.25) is 0 Å². The van der Waals surface area contributed by atoms with Crippen LogP contribution in [-0.4, -0.2) is 14.5 Å². The highest BCUT2D eigenvalue weighted by Gasteiger charge is 2.27. The standard InChI is InChI=1S/C46H23N3S2/c1-2-9-27-24(7-1)15-18-32-45(27)48-44(26-17-21-36-31(23-26)28-10-3-4-13-35(28)50-36)46(47-32)49-33-19-16-25-8-5-11-29-30-12-6-14-37-40(30)43-38(51-37)22-20-34(49)42(43)41(33)39(25)29/h1-23H. The molecule has 4 heterocycles. The molecule has 13 rings (SSSR count). The van der Waals surface area contributed by atoms with Crippen LogP contribution in [0.1, 0.15) is 0 Å². The maximum absolute atomic E-state index is 5.61. The number of thiophene rings is 2. The molecule has 0 atom stereocenters. The average Bonchev–Trinajstić information content (AvgIpc) is 3.83. The minimum absolute atomic E-state index is 0.855. The molecule has 0 bridgehead atoms. The Balaban J connectivity index is 1.24. The predicted octanol–water partition coefficient (Wildman–Crippen LogP) is 13.4. The second-order valence-corrected chi connectivity index (χ2v) is 15.8. The van der Waals surface area contributed by atoms with Crippen molar-refractivity contribution in [2.45, 2.75) is 0 Å². The minimum Gasteiger partial charge on any atom is -0.292 e. The highest BCUT2D eigenvalue weighted by atomic mass is 32.1. The third-order valence-corrected chi connectivity index (χ3v) is 13.4. The molecule has 8 aromatic carbocycles. The van der Waals surface area contributed by atoms with Crippen LogP contribution in [-0.2, 0) is 0 Å². The van der Waals surface area contributed by atoms with E-state index >= 15 is 0 Å². The van der Waals surface area contributed by atoms with Gasteiger partial charge < -0.3 is 0 Å². The molecular weight excluding hydrogens is 659 g/mol. The van der Waals surface area contributed by atoms with Crippen LogP contribution in [0.3, 0.4) is 0 Å². The number of hydrogen-bond acceptors (Lipinski definition) is 4. The molecule has 0 aliphatic heterocycles. The fourth-order valence-corrected chi connectivity index (χ4v) is 11.2. The largest absolute Gasteiger partial charge is 0.292 e. The van der Waals surface area contributed by atoms with Crippen molar-refractivity contribution in [3.8, 4) is 28.2 Å². The van der Waals surface area contributed by atoms with E-state index in [-0.39, 0.29) is 0 Å². The van der Waals surface area contributed by atoms with E-state index in [1.54, 1.807) is 0 Å². The van der Waals surface area contributed by atoms with E-state index < -0.39 is 0 Å². The van der Waals surface area contributed by atoms with Gasteiger partial charge in [0.2, 0.25) is 0 Å². The number of nitrogens with zero attached hydrogens (tertiary/aromatic N) is 3. The Morgan fingerprint density at radius 1 is 0.431 bits per heavy atom. The molecule has 0 spiro atoms. The van der Waals surface area contributed by atoms with Crippen LogP contribution in [0.25, 0.3) is 123 Å². The predicted molar refractivity (Wildman–Crippen MR) is 219 cm³/mol. The summed E-state index contributed by atoms with van der Waals surface area (Å²) in [6.07, 6.45) is 0. The number of fused-ring (bicyclic) bond motifs is 7. The molecular formula is C46H23N3S2. The average molecular weight is 682 g/mol. The molecule has 0 N–H and O–H groups in total. The van der Waals surface area contributed by atoms with E-state index in [4.69, 9.17) is 9.97 Å². The van der Waals surface area contributed by atoms with E-state index in [1.807, 2.05) is 22.7 Å². The fourth-order valence-electron chi connectivity index (χ4n) is 8.96. The lowest BCUT2D eigenvalue weighted by molar-refractivity contribution is 1.08. The van der Waals surface area contributed by atoms with Crippen molar-refractivity contribution in [2.24, 2.45) is 0 Å². The molecule has 0 unspecified atom stereocenters. The molecule has 234 valence electrons. The zero-order chi connectivity index (χ0) is 32.9. The number of rotatable bonds is 2. The second kappa shape index (κ2) is 9.34. The molecule has 4 aromatic heterocycles. The van der Waals surface area contributed by atoms with Crippen LogP contribution in [0, 0.1) is 0 Å². The Morgan fingerprint density at radius 3 is 2.04 bits per heavy atom. The lowest BCUT2D eigenvalue weighted by Gasteiger charge is -2.15. The van der Waals surface area contributed by atoms with Gasteiger partial charge in [-0.25, -0.2) is 9.97 Å². The topological polar surface area (TPSA) is 30.7 Å². The molecule has 0 fully saturated rings. The quantitative estimate of drug-likeness (QED) is 0.170. The van der Waals surface area contributed by atoms with Gasteiger partial charge in [-0.2, -0.15) is 0 Å². The third-order valence-electron chi connectivity index (χ3n) is 11.1. The smallest absolute Gasteiger partial charge is 0.165 e. The molecule has 5 heteroatoms. The van der Waals surface area contributed by atoms with Gasteiger partial charge in [0.1, 0.15) is 5.69 Å². The Kier molecular flexibility index (Phi) is 4.89. The second-order valence-electron chi connectivity index (χ2n) is 13.7. The molecule has 0 saturated carbocycles. The van der Waals surface area contributed by atoms with Crippen LogP contribution >= 0.6 is 22.7 Å². The third kappa shape index (κ3) is 3.33. The highest BCUT2D eigenvalue weighted by Crippen LogP contribution is 2.52. The van der Waals surface area contributed by atoms with Crippen molar-refractivity contribution >= 4 is 117 Å². The van der Waals surface area contributed by atoms with Gasteiger partial charge in [-0.15, -0.1) is 22.7 Å². The minimum atomic E-state index is 0.855. The van der Waals surface area contributed by atoms with Crippen LogP contribution in [0.4, 0.5) is 0 Å². The van der Waals surface area contributed by atoms with E-state index in [0.29, 0.717) is 0 Å². The molecule has 3 nitrogen and oxygen atoms in total. The van der Waals surface area contributed by atoms with Gasteiger partial charge in [-0.3, -0.25) is 4.57 Å². The van der Waals surface area contributed by atoms with E-state index in [1.165, 1.54) is 73.0 Å². The molecule has 51 heavy (non-hydrogen) atoms. The first kappa shape index (κ1) is 26.7. The van der Waals surface area contributed by atoms with Crippen molar-refractivity contribution in [3.63, 3.8) is 0 Å². The summed E-state index contributed by atoms with van der Waals surface area (Å²) in [4.78, 5) is 11.2. The Morgan fingerprint density at radius 2 is 1.10 bits per heavy atom. The van der Waals surface area contributed by atoms with Gasteiger partial charge in [0.05, 0.1) is 22.1 Å². The number of benzene rings is 8. The first-order valence-corrected chi connectivity index (χ1v) is 18.9. The zero-order valence-corrected chi connectivity index (χ0v) is 28.6. The van der Waals surface area contributed by atoms with Crippen molar-refractivity contribution in [1.29, 1.82) is 0 Å². The zero-order valence-electron chi connectivity index (χ0n) is 26.9. The summed E-state index contributed by atoms with van der Waals surface area (Å²) in [5, 5.41) is 12.7. The summed E-state index contributed by atoms with van der Waals surface area (Å²) in [5.74, 6) is 0.855. The molecule has 0 radical (unpaired) electrons. The highest BCUT2D eigenvalue weighted by molar-refractivity contribution is 7.26. The summed E-state index contributed by atoms with van der Waals surface area (Å²) < 4.78 is 7.63. The molecule has 1 aliphatic rings. The van der Waals surface area contributed by atoms with Gasteiger partial charge >= 0.3 is 0 Å². The molecule has 12 aromatic rings. The van der Waals surface area contributed by atoms with Crippen LogP contribution in [0.5, 0.6) is 0 Å². The fraction of sp³-hybridized carbons (Fsp3) is 0. The summed E-state index contributed by atoms with van der Waals surface area (Å²) in [7, 11) is 0. The van der Waals surface area contributed by atoms with Gasteiger partial charge in [0, 0.05) is 62.1 Å². The first-order valence-electron chi connectivity index (χ1n) is 17.2. The normalized spacial score (nSPS) is 12.7. The summed E-state index contributed by atoms with van der Waals surface area (Å²) in [6.45, 7) is 0. The Hall–Kier alpha value is -6.14. The Bertz CT molecular complexity index is 3550. The van der Waals surface area contributed by atoms with Crippen LogP contribution in [0.15, 0.2) is 140 Å². The molecule has 0 saturated heterocycles. The van der Waals surface area contributed by atoms with Crippen molar-refractivity contribution in [3.05, 3.63) is 140 Å². The lowest BCUT2D eigenvalue weighted by Crippen LogP contribution is -2.04. The lowest BCUT2D eigenvalue weighted by atomic mass is 9.95. The van der Waals surface area contributed by atoms with Gasteiger partial charge in [0.15, 0.2) is 5.82 Å². The summed E-state index contributed by atoms with van der Waals surface area (Å²) in [6, 6.07) is 51.2. The van der Waals surface area contributed by atoms with E-state index in [9.17, 15) is 0 Å². The van der Waals surface area contributed by atoms with E-state index in [2.05, 4.69) is 144 Å². The van der Waals surface area contributed by atoms with Crippen molar-refractivity contribution < 1.29 is 0 Å². The van der Waals surface area contributed by atoms with Gasteiger partial charge in [-0.05, 0) is 75.8 Å². The summed E-state index contributed by atoms with van der Waals surface area (Å²) >= 11 is 3.74. The van der Waals surface area contributed by atoms with Crippen molar-refractivity contribution in [2.75, 3.05) is 0 Å². The number of hydrogen-bond donors (Lipinski definition) is 0. The van der Waals surface area contributed by atoms with Crippen LogP contribution < -0.4 is 0 Å². The Labute approximate surface area is 298 Å². The monoisotopic (exact) mass is 681 g/mol. The van der Waals surface area contributed by atoms with Gasteiger partial charge in [0.25, 0.3) is 0 Å². The number of aromatic nitrogens is 3.